The van der Waals surface area contributed by atoms with E-state index in [1.54, 1.807) is 23.0 Å². The number of fused-ring (bicyclic) bond motifs is 1. The first-order valence-corrected chi connectivity index (χ1v) is 11.0. The molecule has 0 aliphatic carbocycles. The van der Waals surface area contributed by atoms with Crippen LogP contribution >= 0.6 is 11.3 Å². The molecule has 2 aliphatic rings. The van der Waals surface area contributed by atoms with Gasteiger partial charge >= 0.3 is 11.1 Å². The van der Waals surface area contributed by atoms with Crippen LogP contribution in [0.15, 0.2) is 51.4 Å². The molecule has 7 nitrogen and oxygen atoms in total. The first-order chi connectivity index (χ1) is 14.5. The van der Waals surface area contributed by atoms with Gasteiger partial charge < -0.3 is 4.74 Å². The topological polar surface area (TPSA) is 69.4 Å². The standard InChI is InChI=1S/C22H24N4O3S/c1-29-17-6-4-16(5-7-17)12-26-21(28)20(27)25-15-22(11-19(25)23-26)8-9-24(14-22)13-18-3-2-10-30-18/h2-7,10H,8-9,11-15H2,1H3/t22-/m0/s1. The van der Waals surface area contributed by atoms with Crippen molar-refractivity contribution in [2.75, 3.05) is 20.2 Å². The molecule has 8 heteroatoms. The van der Waals surface area contributed by atoms with Gasteiger partial charge in [-0.15, -0.1) is 11.3 Å². The van der Waals surface area contributed by atoms with E-state index in [0.717, 1.165) is 49.6 Å². The maximum Gasteiger partial charge on any atom is 0.332 e. The van der Waals surface area contributed by atoms with Gasteiger partial charge in [0.25, 0.3) is 0 Å². The predicted octanol–water partition coefficient (Wildman–Crippen LogP) is 1.97. The summed E-state index contributed by atoms with van der Waals surface area (Å²) in [4.78, 5) is 29.3. The van der Waals surface area contributed by atoms with E-state index in [0.29, 0.717) is 6.54 Å². The summed E-state index contributed by atoms with van der Waals surface area (Å²) >= 11 is 1.78. The molecule has 1 saturated heterocycles. The Morgan fingerprint density at radius 1 is 1.10 bits per heavy atom. The van der Waals surface area contributed by atoms with E-state index in [2.05, 4.69) is 27.5 Å². The van der Waals surface area contributed by atoms with E-state index in [9.17, 15) is 9.59 Å². The van der Waals surface area contributed by atoms with Gasteiger partial charge in [-0.25, -0.2) is 4.68 Å². The summed E-state index contributed by atoms with van der Waals surface area (Å²) in [5.74, 6) is 1.48. The van der Waals surface area contributed by atoms with Gasteiger partial charge in [-0.2, -0.15) is 5.10 Å². The molecular weight excluding hydrogens is 400 g/mol. The number of benzene rings is 1. The monoisotopic (exact) mass is 424 g/mol. The van der Waals surface area contributed by atoms with Crippen LogP contribution in [-0.2, 0) is 26.1 Å². The van der Waals surface area contributed by atoms with Gasteiger partial charge in [0.05, 0.1) is 13.7 Å². The van der Waals surface area contributed by atoms with Crippen LogP contribution in [0, 0.1) is 5.41 Å². The lowest BCUT2D eigenvalue weighted by Crippen LogP contribution is -2.43. The molecule has 0 N–H and O–H groups in total. The molecule has 0 unspecified atom stereocenters. The predicted molar refractivity (Wildman–Crippen MR) is 115 cm³/mol. The average Bonchev–Trinajstić information content (AvgIpc) is 3.48. The summed E-state index contributed by atoms with van der Waals surface area (Å²) in [6.07, 6.45) is 1.76. The lowest BCUT2D eigenvalue weighted by Gasteiger charge is -2.22. The molecule has 3 aromatic rings. The van der Waals surface area contributed by atoms with Gasteiger partial charge in [-0.1, -0.05) is 18.2 Å². The maximum absolute atomic E-state index is 12.8. The average molecular weight is 425 g/mol. The van der Waals surface area contributed by atoms with Crippen molar-refractivity contribution in [3.63, 3.8) is 0 Å². The Morgan fingerprint density at radius 3 is 2.67 bits per heavy atom. The maximum atomic E-state index is 12.8. The van der Waals surface area contributed by atoms with Gasteiger partial charge in [0, 0.05) is 36.3 Å². The SMILES string of the molecule is COc1ccc(Cn2nc3n(c(=O)c2=O)C[C@@]2(CCN(Cc4cccs4)C2)C3)cc1. The quantitative estimate of drug-likeness (QED) is 0.586. The minimum atomic E-state index is -0.556. The Kier molecular flexibility index (Phi) is 4.83. The highest BCUT2D eigenvalue weighted by Gasteiger charge is 2.44. The third-order valence-electron chi connectivity index (χ3n) is 6.21. The Bertz CT molecular complexity index is 1170. The highest BCUT2D eigenvalue weighted by Crippen LogP contribution is 2.39. The Morgan fingerprint density at radius 2 is 1.93 bits per heavy atom. The summed E-state index contributed by atoms with van der Waals surface area (Å²) in [6, 6.07) is 11.7. The molecule has 4 heterocycles. The number of ether oxygens (including phenoxy) is 1. The number of nitrogens with zero attached hydrogens (tertiary/aromatic N) is 4. The van der Waals surface area contributed by atoms with Crippen molar-refractivity contribution in [2.45, 2.75) is 32.5 Å². The van der Waals surface area contributed by atoms with Crippen molar-refractivity contribution in [3.05, 3.63) is 78.8 Å². The number of hydrogen-bond acceptors (Lipinski definition) is 6. The minimum Gasteiger partial charge on any atom is -0.497 e. The fourth-order valence-corrected chi connectivity index (χ4v) is 5.42. The number of rotatable bonds is 5. The van der Waals surface area contributed by atoms with E-state index in [1.165, 1.54) is 9.56 Å². The van der Waals surface area contributed by atoms with Gasteiger partial charge in [-0.3, -0.25) is 19.1 Å². The number of thiophene rings is 1. The normalized spacial score (nSPS) is 20.7. The molecule has 1 spiro atoms. The highest BCUT2D eigenvalue weighted by molar-refractivity contribution is 7.09. The Labute approximate surface area is 178 Å². The number of aromatic nitrogens is 3. The van der Waals surface area contributed by atoms with E-state index in [-0.39, 0.29) is 12.0 Å². The summed E-state index contributed by atoms with van der Waals surface area (Å²) in [7, 11) is 1.61. The van der Waals surface area contributed by atoms with Crippen molar-refractivity contribution in [3.8, 4) is 5.75 Å². The van der Waals surface area contributed by atoms with E-state index < -0.39 is 11.1 Å². The molecule has 0 bridgehead atoms. The van der Waals surface area contributed by atoms with Gasteiger partial charge in [-0.05, 0) is 42.1 Å². The third kappa shape index (κ3) is 3.50. The summed E-state index contributed by atoms with van der Waals surface area (Å²) in [5, 5.41) is 6.70. The lowest BCUT2D eigenvalue weighted by atomic mass is 9.86. The molecule has 2 aliphatic heterocycles. The molecule has 2 aromatic heterocycles. The Balaban J connectivity index is 1.36. The summed E-state index contributed by atoms with van der Waals surface area (Å²) in [5.41, 5.74) is -0.102. The van der Waals surface area contributed by atoms with Crippen LogP contribution in [0.4, 0.5) is 0 Å². The second-order valence-electron chi connectivity index (χ2n) is 8.34. The first kappa shape index (κ1) is 19.3. The van der Waals surface area contributed by atoms with Crippen molar-refractivity contribution >= 4 is 11.3 Å². The molecule has 1 atom stereocenters. The van der Waals surface area contributed by atoms with Gasteiger partial charge in [0.15, 0.2) is 0 Å². The van der Waals surface area contributed by atoms with Crippen molar-refractivity contribution < 1.29 is 4.74 Å². The van der Waals surface area contributed by atoms with Crippen LogP contribution in [0.5, 0.6) is 5.75 Å². The number of likely N-dealkylation sites (tertiary alicyclic amines) is 1. The molecular formula is C22H24N4O3S. The summed E-state index contributed by atoms with van der Waals surface area (Å²) in [6.45, 7) is 3.76. The largest absolute Gasteiger partial charge is 0.497 e. The fourth-order valence-electron chi connectivity index (χ4n) is 4.67. The van der Waals surface area contributed by atoms with E-state index in [4.69, 9.17) is 4.74 Å². The fraction of sp³-hybridized carbons (Fsp3) is 0.409. The summed E-state index contributed by atoms with van der Waals surface area (Å²) < 4.78 is 8.10. The van der Waals surface area contributed by atoms with Crippen LogP contribution in [0.2, 0.25) is 0 Å². The van der Waals surface area contributed by atoms with Gasteiger partial charge in [0.2, 0.25) is 0 Å². The zero-order chi connectivity index (χ0) is 20.7. The number of methoxy groups -OCH3 is 1. The van der Waals surface area contributed by atoms with E-state index >= 15 is 0 Å². The van der Waals surface area contributed by atoms with Gasteiger partial charge in [0.1, 0.15) is 11.6 Å². The van der Waals surface area contributed by atoms with Crippen molar-refractivity contribution in [1.29, 1.82) is 0 Å². The lowest BCUT2D eigenvalue weighted by molar-refractivity contribution is 0.247. The zero-order valence-corrected chi connectivity index (χ0v) is 17.7. The van der Waals surface area contributed by atoms with Crippen LogP contribution in [0.25, 0.3) is 0 Å². The molecule has 156 valence electrons. The van der Waals surface area contributed by atoms with Crippen LogP contribution < -0.4 is 15.9 Å². The van der Waals surface area contributed by atoms with E-state index in [1.807, 2.05) is 24.3 Å². The first-order valence-electron chi connectivity index (χ1n) is 10.1. The third-order valence-corrected chi connectivity index (χ3v) is 7.07. The number of hydrogen-bond donors (Lipinski definition) is 0. The van der Waals surface area contributed by atoms with Crippen LogP contribution in [0.1, 0.15) is 22.7 Å². The van der Waals surface area contributed by atoms with Crippen molar-refractivity contribution in [1.82, 2.24) is 19.2 Å². The molecule has 0 radical (unpaired) electrons. The van der Waals surface area contributed by atoms with Crippen LogP contribution in [0.3, 0.4) is 0 Å². The zero-order valence-electron chi connectivity index (χ0n) is 16.9. The second kappa shape index (κ2) is 7.52. The molecule has 0 amide bonds. The molecule has 0 saturated carbocycles. The Hall–Kier alpha value is -2.71. The minimum absolute atomic E-state index is 0.00214. The molecule has 1 fully saturated rings. The molecule has 1 aromatic carbocycles. The smallest absolute Gasteiger partial charge is 0.332 e. The second-order valence-corrected chi connectivity index (χ2v) is 9.37. The highest BCUT2D eigenvalue weighted by atomic mass is 32.1. The van der Waals surface area contributed by atoms with Crippen molar-refractivity contribution in [2.24, 2.45) is 5.41 Å². The van der Waals surface area contributed by atoms with Crippen LogP contribution in [-0.4, -0.2) is 39.4 Å². The molecule has 5 rings (SSSR count). The molecule has 30 heavy (non-hydrogen) atoms.